The van der Waals surface area contributed by atoms with E-state index in [0.29, 0.717) is 0 Å². The van der Waals surface area contributed by atoms with Crippen LogP contribution < -0.4 is 0 Å². The summed E-state index contributed by atoms with van der Waals surface area (Å²) in [6.07, 6.45) is 1.88. The van der Waals surface area contributed by atoms with Gasteiger partial charge in [0.2, 0.25) is 0 Å². The molecule has 3 aromatic rings. The molecule has 0 fully saturated rings. The molecule has 0 unspecified atom stereocenters. The van der Waals surface area contributed by atoms with E-state index >= 15 is 0 Å². The number of aryl methyl sites for hydroxylation is 2. The molecule has 0 radical (unpaired) electrons. The molecule has 0 atom stereocenters. The molecule has 0 saturated carbocycles. The lowest BCUT2D eigenvalue weighted by Gasteiger charge is -2.00. The predicted octanol–water partition coefficient (Wildman–Crippen LogP) is 5.10. The van der Waals surface area contributed by atoms with Crippen molar-refractivity contribution in [3.63, 3.8) is 0 Å². The fraction of sp³-hybridized carbons (Fsp3) is 0.188. The number of rotatable bonds is 1. The highest BCUT2D eigenvalue weighted by Crippen LogP contribution is 2.39. The molecule has 3 rings (SSSR count). The van der Waals surface area contributed by atoms with Crippen LogP contribution in [0.5, 0.6) is 0 Å². The summed E-state index contributed by atoms with van der Waals surface area (Å²) < 4.78 is 2.63. The third-order valence-corrected chi connectivity index (χ3v) is 4.83. The lowest BCUT2D eigenvalue weighted by Crippen LogP contribution is -1.83. The van der Waals surface area contributed by atoms with Crippen molar-refractivity contribution < 1.29 is 0 Å². The van der Waals surface area contributed by atoms with Crippen molar-refractivity contribution in [1.29, 1.82) is 0 Å². The van der Waals surface area contributed by atoms with Crippen molar-refractivity contribution in [2.24, 2.45) is 0 Å². The second-order valence-corrected chi connectivity index (χ2v) is 5.82. The molecule has 1 aromatic carbocycles. The van der Waals surface area contributed by atoms with E-state index in [1.54, 1.807) is 0 Å². The van der Waals surface area contributed by atoms with Crippen LogP contribution in [-0.2, 0) is 0 Å². The predicted molar refractivity (Wildman–Crippen MR) is 81.3 cm³/mol. The van der Waals surface area contributed by atoms with Crippen molar-refractivity contribution >= 4 is 37.1 Å². The maximum Gasteiger partial charge on any atom is 0.0831 e. The van der Waals surface area contributed by atoms with Gasteiger partial charge in [0, 0.05) is 21.7 Å². The minimum absolute atomic E-state index is 1.03. The fourth-order valence-corrected chi connectivity index (χ4v) is 3.72. The van der Waals surface area contributed by atoms with Gasteiger partial charge in [-0.2, -0.15) is 0 Å². The first-order valence-electron chi connectivity index (χ1n) is 6.03. The van der Waals surface area contributed by atoms with Crippen LogP contribution in [0.25, 0.3) is 25.7 Å². The van der Waals surface area contributed by atoms with Crippen LogP contribution in [0, 0.1) is 13.8 Å². The van der Waals surface area contributed by atoms with Gasteiger partial charge in [-0.1, -0.05) is 18.7 Å². The topological polar surface area (TPSA) is 12.9 Å². The second-order valence-electron chi connectivity index (χ2n) is 4.80. The standard InChI is InChI=1S/C16H15NS/c1-9(2)14-16-13(7-8-17-14)12-6-5-10(3)11(4)15(12)18-16/h5-8H,1H2,2-4H3. The summed E-state index contributed by atoms with van der Waals surface area (Å²) in [7, 11) is 0. The Morgan fingerprint density at radius 2 is 1.83 bits per heavy atom. The maximum atomic E-state index is 4.46. The summed E-state index contributed by atoms with van der Waals surface area (Å²) in [5.74, 6) is 0. The summed E-state index contributed by atoms with van der Waals surface area (Å²) in [6, 6.07) is 6.53. The molecule has 0 aliphatic heterocycles. The van der Waals surface area contributed by atoms with E-state index in [-0.39, 0.29) is 0 Å². The number of aromatic nitrogens is 1. The Morgan fingerprint density at radius 1 is 1.11 bits per heavy atom. The highest BCUT2D eigenvalue weighted by molar-refractivity contribution is 7.26. The van der Waals surface area contributed by atoms with E-state index in [0.717, 1.165) is 11.3 Å². The van der Waals surface area contributed by atoms with Crippen molar-refractivity contribution in [3.8, 4) is 0 Å². The van der Waals surface area contributed by atoms with Gasteiger partial charge in [0.05, 0.1) is 10.4 Å². The molecule has 90 valence electrons. The Kier molecular flexibility index (Phi) is 2.49. The van der Waals surface area contributed by atoms with E-state index in [9.17, 15) is 0 Å². The highest BCUT2D eigenvalue weighted by atomic mass is 32.1. The van der Waals surface area contributed by atoms with Crippen LogP contribution >= 0.6 is 11.3 Å². The van der Waals surface area contributed by atoms with Gasteiger partial charge < -0.3 is 0 Å². The number of nitrogens with zero attached hydrogens (tertiary/aromatic N) is 1. The van der Waals surface area contributed by atoms with Gasteiger partial charge in [-0.3, -0.25) is 4.98 Å². The Morgan fingerprint density at radius 3 is 2.56 bits per heavy atom. The van der Waals surface area contributed by atoms with Crippen molar-refractivity contribution in [1.82, 2.24) is 4.98 Å². The zero-order chi connectivity index (χ0) is 12.9. The van der Waals surface area contributed by atoms with Gasteiger partial charge in [-0.15, -0.1) is 11.3 Å². The Hall–Kier alpha value is -1.67. The molecule has 1 nitrogen and oxygen atoms in total. The molecular formula is C16H15NS. The summed E-state index contributed by atoms with van der Waals surface area (Å²) in [6.45, 7) is 10.4. The molecule has 0 spiro atoms. The minimum Gasteiger partial charge on any atom is -0.255 e. The molecular weight excluding hydrogens is 238 g/mol. The van der Waals surface area contributed by atoms with E-state index in [4.69, 9.17) is 0 Å². The molecule has 0 N–H and O–H groups in total. The van der Waals surface area contributed by atoms with Gasteiger partial charge >= 0.3 is 0 Å². The summed E-state index contributed by atoms with van der Waals surface area (Å²) in [4.78, 5) is 4.46. The number of hydrogen-bond donors (Lipinski definition) is 0. The van der Waals surface area contributed by atoms with Gasteiger partial charge in [0.15, 0.2) is 0 Å². The van der Waals surface area contributed by atoms with Gasteiger partial charge in [-0.25, -0.2) is 0 Å². The molecule has 2 heterocycles. The lowest BCUT2D eigenvalue weighted by atomic mass is 10.1. The highest BCUT2D eigenvalue weighted by Gasteiger charge is 2.12. The first-order valence-corrected chi connectivity index (χ1v) is 6.84. The summed E-state index contributed by atoms with van der Waals surface area (Å²) in [5, 5.41) is 2.63. The van der Waals surface area contributed by atoms with E-state index in [1.165, 1.54) is 31.3 Å². The largest absolute Gasteiger partial charge is 0.255 e. The third kappa shape index (κ3) is 1.49. The van der Waals surface area contributed by atoms with Gasteiger partial charge in [0.1, 0.15) is 0 Å². The Bertz CT molecular complexity index is 780. The average molecular weight is 253 g/mol. The van der Waals surface area contributed by atoms with E-state index in [2.05, 4.69) is 43.6 Å². The van der Waals surface area contributed by atoms with Gasteiger partial charge in [0.25, 0.3) is 0 Å². The number of allylic oxidation sites excluding steroid dienone is 1. The van der Waals surface area contributed by atoms with Crippen molar-refractivity contribution in [2.45, 2.75) is 20.8 Å². The number of thiophene rings is 1. The van der Waals surface area contributed by atoms with Crippen LogP contribution in [0.4, 0.5) is 0 Å². The molecule has 18 heavy (non-hydrogen) atoms. The zero-order valence-corrected chi connectivity index (χ0v) is 11.7. The quantitative estimate of drug-likeness (QED) is 0.588. The molecule has 2 heteroatoms. The fourth-order valence-electron chi connectivity index (χ4n) is 2.30. The van der Waals surface area contributed by atoms with Crippen LogP contribution in [0.2, 0.25) is 0 Å². The first-order chi connectivity index (χ1) is 8.59. The smallest absolute Gasteiger partial charge is 0.0831 e. The Labute approximate surface area is 111 Å². The lowest BCUT2D eigenvalue weighted by molar-refractivity contribution is 1.31. The minimum atomic E-state index is 1.03. The van der Waals surface area contributed by atoms with Crippen LogP contribution in [0.3, 0.4) is 0 Å². The maximum absolute atomic E-state index is 4.46. The molecule has 0 aliphatic rings. The van der Waals surface area contributed by atoms with E-state index in [1.807, 2.05) is 24.5 Å². The van der Waals surface area contributed by atoms with Crippen molar-refractivity contribution in [2.75, 3.05) is 0 Å². The van der Waals surface area contributed by atoms with E-state index < -0.39 is 0 Å². The first kappa shape index (κ1) is 11.4. The van der Waals surface area contributed by atoms with Crippen LogP contribution in [0.15, 0.2) is 31.0 Å². The second kappa shape index (κ2) is 3.92. The average Bonchev–Trinajstić information content (AvgIpc) is 2.72. The number of benzene rings is 1. The normalized spacial score (nSPS) is 11.3. The monoisotopic (exact) mass is 253 g/mol. The van der Waals surface area contributed by atoms with Crippen LogP contribution in [-0.4, -0.2) is 4.98 Å². The zero-order valence-electron chi connectivity index (χ0n) is 10.9. The summed E-state index contributed by atoms with van der Waals surface area (Å²) in [5.41, 5.74) is 4.78. The molecule has 2 aromatic heterocycles. The number of fused-ring (bicyclic) bond motifs is 3. The molecule has 0 saturated heterocycles. The number of pyridine rings is 1. The molecule has 0 bridgehead atoms. The van der Waals surface area contributed by atoms with Crippen LogP contribution in [0.1, 0.15) is 23.7 Å². The molecule has 0 amide bonds. The SMILES string of the molecule is C=C(C)c1nccc2c1sc1c(C)c(C)ccc12. The molecule has 0 aliphatic carbocycles. The van der Waals surface area contributed by atoms with Gasteiger partial charge in [-0.05, 0) is 43.5 Å². The Balaban J connectivity index is 2.54. The summed E-state index contributed by atoms with van der Waals surface area (Å²) >= 11 is 1.83. The third-order valence-electron chi connectivity index (χ3n) is 3.48. The number of hydrogen-bond acceptors (Lipinski definition) is 2. The van der Waals surface area contributed by atoms with Crippen molar-refractivity contribution in [3.05, 3.63) is 47.8 Å².